The molecule has 1 amide bonds. The van der Waals surface area contributed by atoms with Crippen LogP contribution in [0, 0.1) is 13.8 Å². The van der Waals surface area contributed by atoms with Crippen molar-refractivity contribution in [2.75, 3.05) is 11.9 Å². The first-order valence-electron chi connectivity index (χ1n) is 8.88. The third-order valence-electron chi connectivity index (χ3n) is 4.32. The lowest BCUT2D eigenvalue weighted by molar-refractivity contribution is 0.102. The summed E-state index contributed by atoms with van der Waals surface area (Å²) in [5.74, 6) is 0.590. The number of hydrogen-bond donors (Lipinski definition) is 1. The highest BCUT2D eigenvalue weighted by Crippen LogP contribution is 2.27. The van der Waals surface area contributed by atoms with Gasteiger partial charge in [-0.1, -0.05) is 48.0 Å². The molecule has 0 bridgehead atoms. The molecule has 138 valence electrons. The van der Waals surface area contributed by atoms with Crippen LogP contribution in [0.2, 0.25) is 0 Å². The SMILES string of the molecule is Cc1ccc(NC(=O)c2ccc(OCCc3ccccc3)c(Br)c2)c(C)c1. The van der Waals surface area contributed by atoms with E-state index in [1.807, 2.05) is 50.2 Å². The van der Waals surface area contributed by atoms with E-state index >= 15 is 0 Å². The van der Waals surface area contributed by atoms with Crippen molar-refractivity contribution in [1.82, 2.24) is 0 Å². The van der Waals surface area contributed by atoms with Gasteiger partial charge < -0.3 is 10.1 Å². The van der Waals surface area contributed by atoms with Crippen LogP contribution in [0.25, 0.3) is 0 Å². The van der Waals surface area contributed by atoms with Crippen molar-refractivity contribution in [3.63, 3.8) is 0 Å². The zero-order chi connectivity index (χ0) is 19.2. The van der Waals surface area contributed by atoms with E-state index in [0.717, 1.165) is 27.9 Å². The number of hydrogen-bond acceptors (Lipinski definition) is 2. The molecule has 0 radical (unpaired) electrons. The summed E-state index contributed by atoms with van der Waals surface area (Å²) in [4.78, 5) is 12.5. The molecule has 0 spiro atoms. The Morgan fingerprint density at radius 1 is 1.00 bits per heavy atom. The van der Waals surface area contributed by atoms with Crippen molar-refractivity contribution < 1.29 is 9.53 Å². The van der Waals surface area contributed by atoms with Crippen LogP contribution >= 0.6 is 15.9 Å². The summed E-state index contributed by atoms with van der Waals surface area (Å²) in [5.41, 5.74) is 4.86. The van der Waals surface area contributed by atoms with Crippen molar-refractivity contribution in [1.29, 1.82) is 0 Å². The van der Waals surface area contributed by atoms with Gasteiger partial charge in [0.2, 0.25) is 0 Å². The minimum Gasteiger partial charge on any atom is -0.492 e. The first kappa shape index (κ1) is 19.2. The lowest BCUT2D eigenvalue weighted by Crippen LogP contribution is -2.13. The Bertz CT molecular complexity index is 938. The number of ether oxygens (including phenoxy) is 1. The fourth-order valence-electron chi connectivity index (χ4n) is 2.83. The fraction of sp³-hybridized carbons (Fsp3) is 0.174. The Labute approximate surface area is 168 Å². The number of carbonyl (C=O) groups excluding carboxylic acids is 1. The molecule has 0 unspecified atom stereocenters. The molecule has 0 heterocycles. The standard InChI is InChI=1S/C23H22BrNO2/c1-16-8-10-21(17(2)14-16)25-23(26)19-9-11-22(20(24)15-19)27-13-12-18-6-4-3-5-7-18/h3-11,14-15H,12-13H2,1-2H3,(H,25,26). The Kier molecular flexibility index (Phi) is 6.30. The molecule has 0 aromatic heterocycles. The average Bonchev–Trinajstić information content (AvgIpc) is 2.66. The number of amides is 1. The number of benzene rings is 3. The van der Waals surface area contributed by atoms with Crippen molar-refractivity contribution in [3.05, 3.63) is 93.5 Å². The van der Waals surface area contributed by atoms with Crippen LogP contribution in [0.1, 0.15) is 27.0 Å². The number of anilines is 1. The summed E-state index contributed by atoms with van der Waals surface area (Å²) in [7, 11) is 0. The molecule has 4 heteroatoms. The molecule has 27 heavy (non-hydrogen) atoms. The second-order valence-corrected chi connectivity index (χ2v) is 7.36. The Morgan fingerprint density at radius 2 is 1.78 bits per heavy atom. The van der Waals surface area contributed by atoms with Crippen LogP contribution in [0.15, 0.2) is 71.2 Å². The predicted molar refractivity (Wildman–Crippen MR) is 114 cm³/mol. The van der Waals surface area contributed by atoms with E-state index in [1.165, 1.54) is 11.1 Å². The summed E-state index contributed by atoms with van der Waals surface area (Å²) in [5, 5.41) is 2.96. The molecule has 3 aromatic rings. The zero-order valence-corrected chi connectivity index (χ0v) is 17.0. The lowest BCUT2D eigenvalue weighted by atomic mass is 10.1. The Hall–Kier alpha value is -2.59. The van der Waals surface area contributed by atoms with Gasteiger partial charge in [0.05, 0.1) is 11.1 Å². The highest BCUT2D eigenvalue weighted by Gasteiger charge is 2.11. The number of rotatable bonds is 6. The van der Waals surface area contributed by atoms with E-state index in [2.05, 4.69) is 39.4 Å². The topological polar surface area (TPSA) is 38.3 Å². The molecular weight excluding hydrogens is 402 g/mol. The first-order valence-corrected chi connectivity index (χ1v) is 9.67. The molecule has 3 nitrogen and oxygen atoms in total. The summed E-state index contributed by atoms with van der Waals surface area (Å²) < 4.78 is 6.61. The summed E-state index contributed by atoms with van der Waals surface area (Å²) >= 11 is 3.51. The van der Waals surface area contributed by atoms with Gasteiger partial charge in [-0.15, -0.1) is 0 Å². The van der Waals surface area contributed by atoms with E-state index in [1.54, 1.807) is 12.1 Å². The van der Waals surface area contributed by atoms with E-state index in [4.69, 9.17) is 4.74 Å². The summed E-state index contributed by atoms with van der Waals surface area (Å²) in [6, 6.07) is 21.6. The van der Waals surface area contributed by atoms with Gasteiger partial charge in [0.1, 0.15) is 5.75 Å². The van der Waals surface area contributed by atoms with Crippen molar-refractivity contribution in [2.45, 2.75) is 20.3 Å². The molecule has 1 N–H and O–H groups in total. The summed E-state index contributed by atoms with van der Waals surface area (Å²) in [6.07, 6.45) is 0.836. The highest BCUT2D eigenvalue weighted by molar-refractivity contribution is 9.10. The number of carbonyl (C=O) groups is 1. The zero-order valence-electron chi connectivity index (χ0n) is 15.5. The van der Waals surface area contributed by atoms with Gasteiger partial charge in [-0.05, 0) is 65.2 Å². The molecular formula is C23H22BrNO2. The van der Waals surface area contributed by atoms with Crippen LogP contribution in [0.5, 0.6) is 5.75 Å². The predicted octanol–water partition coefficient (Wildman–Crippen LogP) is 5.94. The van der Waals surface area contributed by atoms with Crippen molar-refractivity contribution in [3.8, 4) is 5.75 Å². The maximum absolute atomic E-state index is 12.5. The van der Waals surface area contributed by atoms with Crippen LogP contribution in [-0.4, -0.2) is 12.5 Å². The van der Waals surface area contributed by atoms with E-state index in [-0.39, 0.29) is 5.91 Å². The van der Waals surface area contributed by atoms with Crippen LogP contribution in [0.4, 0.5) is 5.69 Å². The first-order chi connectivity index (χ1) is 13.0. The van der Waals surface area contributed by atoms with Gasteiger partial charge in [0, 0.05) is 17.7 Å². The van der Waals surface area contributed by atoms with E-state index < -0.39 is 0 Å². The summed E-state index contributed by atoms with van der Waals surface area (Å²) in [6.45, 7) is 4.60. The normalized spacial score (nSPS) is 10.5. The maximum atomic E-state index is 12.5. The monoisotopic (exact) mass is 423 g/mol. The van der Waals surface area contributed by atoms with Gasteiger partial charge in [0.15, 0.2) is 0 Å². The smallest absolute Gasteiger partial charge is 0.255 e. The third-order valence-corrected chi connectivity index (χ3v) is 4.94. The fourth-order valence-corrected chi connectivity index (χ4v) is 3.32. The molecule has 0 aliphatic rings. The third kappa shape index (κ3) is 5.20. The second-order valence-electron chi connectivity index (χ2n) is 6.50. The molecule has 0 atom stereocenters. The van der Waals surface area contributed by atoms with Gasteiger partial charge >= 0.3 is 0 Å². The van der Waals surface area contributed by atoms with E-state index in [9.17, 15) is 4.79 Å². The highest BCUT2D eigenvalue weighted by atomic mass is 79.9. The molecule has 0 aliphatic heterocycles. The van der Waals surface area contributed by atoms with Crippen LogP contribution in [0.3, 0.4) is 0 Å². The maximum Gasteiger partial charge on any atom is 0.255 e. The van der Waals surface area contributed by atoms with E-state index in [0.29, 0.717) is 12.2 Å². The molecule has 3 rings (SSSR count). The minimum atomic E-state index is -0.140. The Balaban J connectivity index is 1.62. The van der Waals surface area contributed by atoms with Gasteiger partial charge in [-0.3, -0.25) is 4.79 Å². The lowest BCUT2D eigenvalue weighted by Gasteiger charge is -2.12. The number of aryl methyl sites for hydroxylation is 2. The van der Waals surface area contributed by atoms with Crippen LogP contribution in [-0.2, 0) is 6.42 Å². The molecule has 0 aliphatic carbocycles. The quantitative estimate of drug-likeness (QED) is 0.532. The molecule has 0 saturated carbocycles. The largest absolute Gasteiger partial charge is 0.492 e. The van der Waals surface area contributed by atoms with Gasteiger partial charge in [0.25, 0.3) is 5.91 Å². The minimum absolute atomic E-state index is 0.140. The Morgan fingerprint density at radius 3 is 2.48 bits per heavy atom. The van der Waals surface area contributed by atoms with Gasteiger partial charge in [-0.2, -0.15) is 0 Å². The van der Waals surface area contributed by atoms with Crippen LogP contribution < -0.4 is 10.1 Å². The van der Waals surface area contributed by atoms with Crippen molar-refractivity contribution in [2.24, 2.45) is 0 Å². The second kappa shape index (κ2) is 8.87. The molecule has 0 saturated heterocycles. The molecule has 0 fully saturated rings. The number of nitrogens with one attached hydrogen (secondary N) is 1. The molecule has 3 aromatic carbocycles. The van der Waals surface area contributed by atoms with Crippen molar-refractivity contribution >= 4 is 27.5 Å². The average molecular weight is 424 g/mol. The van der Waals surface area contributed by atoms with Gasteiger partial charge in [-0.25, -0.2) is 0 Å². The number of halogens is 1.